The van der Waals surface area contributed by atoms with Crippen LogP contribution in [0.5, 0.6) is 5.75 Å². The zero-order chi connectivity index (χ0) is 39.6. The molecule has 1 aromatic rings. The van der Waals surface area contributed by atoms with Gasteiger partial charge < -0.3 is 52.1 Å². The Bertz CT molecular complexity index is 1520. The lowest BCUT2D eigenvalue weighted by molar-refractivity contribution is -0.354. The molecule has 2 aliphatic rings. The van der Waals surface area contributed by atoms with Crippen molar-refractivity contribution in [3.63, 3.8) is 0 Å². The van der Waals surface area contributed by atoms with Crippen LogP contribution in [0, 0.1) is 0 Å². The maximum Gasteiger partial charge on any atom is 0.303 e. The molecule has 0 bridgehead atoms. The van der Waals surface area contributed by atoms with E-state index in [1.807, 2.05) is 0 Å². The second-order valence-corrected chi connectivity index (χ2v) is 11.9. The quantitative estimate of drug-likeness (QED) is 0.146. The summed E-state index contributed by atoms with van der Waals surface area (Å²) in [5, 5.41) is 0. The molecule has 2 aliphatic heterocycles. The van der Waals surface area contributed by atoms with Gasteiger partial charge in [0, 0.05) is 54.0 Å². The van der Waals surface area contributed by atoms with Crippen LogP contribution < -0.4 is 4.74 Å². The SMILES string of the molecule is CC(=O)OC[C@H]1O[C@@H](O[C@H]2[C@H](OC(C)=O)[C@@H](OC(C)=O)[C@H](Oc3ccc(C(C)=O)cc3)O[C@@H]2COC(C)=O)[C@H](OC(C)=O)[C@@H](OC(C)=O)[C@H]1OC(C)=O. The van der Waals surface area contributed by atoms with Crippen LogP contribution in [0.15, 0.2) is 24.3 Å². The standard InChI is InChI=1S/C34H42O19/c1-15(35)23-9-11-24(12-10-23)50-33-31(48-21(7)41)30(47-20(6)40)28(26(51-33)14-44-17(3)37)53-34-32(49-22(8)42)29(46-19(5)39)27(45-18(4)38)25(52-34)13-43-16(2)36/h9-12,25-34H,13-14H2,1-8H3/t25-,26-,27+,28-,29+,30+,31-,32-,33-,34+/m1/s1. The van der Waals surface area contributed by atoms with E-state index in [9.17, 15) is 38.4 Å². The van der Waals surface area contributed by atoms with Crippen molar-refractivity contribution in [1.29, 1.82) is 0 Å². The number of benzene rings is 1. The fourth-order valence-electron chi connectivity index (χ4n) is 5.47. The molecule has 2 fully saturated rings. The number of hydrogen-bond donors (Lipinski definition) is 0. The lowest BCUT2D eigenvalue weighted by atomic mass is 9.96. The number of ether oxygens (including phenoxy) is 11. The molecule has 0 amide bonds. The van der Waals surface area contributed by atoms with E-state index < -0.39 is 116 Å². The fourth-order valence-corrected chi connectivity index (χ4v) is 5.47. The Morgan fingerprint density at radius 1 is 0.472 bits per heavy atom. The maximum atomic E-state index is 12.6. The first-order valence-electron chi connectivity index (χ1n) is 16.2. The average molecular weight is 755 g/mol. The molecule has 0 unspecified atom stereocenters. The first-order chi connectivity index (χ1) is 24.9. The first-order valence-corrected chi connectivity index (χ1v) is 16.2. The van der Waals surface area contributed by atoms with Crippen LogP contribution in [-0.2, 0) is 80.9 Å². The van der Waals surface area contributed by atoms with Gasteiger partial charge in [-0.25, -0.2) is 0 Å². The Morgan fingerprint density at radius 2 is 0.849 bits per heavy atom. The predicted octanol–water partition coefficient (Wildman–Crippen LogP) is 0.888. The minimum absolute atomic E-state index is 0.129. The highest BCUT2D eigenvalue weighted by molar-refractivity contribution is 5.94. The summed E-state index contributed by atoms with van der Waals surface area (Å²) in [6.45, 7) is 7.59. The molecule has 19 nitrogen and oxygen atoms in total. The van der Waals surface area contributed by atoms with Gasteiger partial charge in [0.2, 0.25) is 12.4 Å². The summed E-state index contributed by atoms with van der Waals surface area (Å²) in [5.74, 6) is -6.10. The van der Waals surface area contributed by atoms with Gasteiger partial charge in [0.25, 0.3) is 0 Å². The molecule has 10 atom stereocenters. The summed E-state index contributed by atoms with van der Waals surface area (Å²) >= 11 is 0. The smallest absolute Gasteiger partial charge is 0.303 e. The van der Waals surface area contributed by atoms with Crippen molar-refractivity contribution >= 4 is 47.6 Å². The maximum absolute atomic E-state index is 12.6. The number of hydrogen-bond acceptors (Lipinski definition) is 19. The Hall–Kier alpha value is -5.14. The monoisotopic (exact) mass is 754 g/mol. The van der Waals surface area contributed by atoms with Crippen LogP contribution >= 0.6 is 0 Å². The highest BCUT2D eigenvalue weighted by Gasteiger charge is 2.58. The number of carbonyl (C=O) groups is 8. The van der Waals surface area contributed by atoms with Gasteiger partial charge in [-0.1, -0.05) is 0 Å². The topological polar surface area (TPSA) is 238 Å². The number of carbonyl (C=O) groups excluding carboxylic acids is 8. The summed E-state index contributed by atoms with van der Waals surface area (Å²) in [5.41, 5.74) is 0.363. The van der Waals surface area contributed by atoms with E-state index in [0.29, 0.717) is 5.56 Å². The van der Waals surface area contributed by atoms with Crippen molar-refractivity contribution in [3.05, 3.63) is 29.8 Å². The molecule has 2 heterocycles. The van der Waals surface area contributed by atoms with Gasteiger partial charge in [0.15, 0.2) is 36.5 Å². The minimum atomic E-state index is -1.82. The third kappa shape index (κ3) is 12.5. The second-order valence-electron chi connectivity index (χ2n) is 11.9. The van der Waals surface area contributed by atoms with Crippen LogP contribution in [0.1, 0.15) is 65.7 Å². The highest BCUT2D eigenvalue weighted by Crippen LogP contribution is 2.36. The van der Waals surface area contributed by atoms with Crippen molar-refractivity contribution < 1.29 is 90.5 Å². The lowest BCUT2D eigenvalue weighted by Gasteiger charge is -2.48. The van der Waals surface area contributed by atoms with Gasteiger partial charge in [0.05, 0.1) is 0 Å². The van der Waals surface area contributed by atoms with Crippen LogP contribution in [0.3, 0.4) is 0 Å². The van der Waals surface area contributed by atoms with E-state index in [0.717, 1.165) is 48.5 Å². The van der Waals surface area contributed by atoms with Gasteiger partial charge >= 0.3 is 41.8 Å². The molecule has 2 saturated heterocycles. The zero-order valence-corrected chi connectivity index (χ0v) is 30.3. The molecule has 3 rings (SSSR count). The number of Topliss-reactive ketones (excluding diaryl/α,β-unsaturated/α-hetero) is 1. The van der Waals surface area contributed by atoms with Crippen LogP contribution in [-0.4, -0.2) is 122 Å². The molecule has 19 heteroatoms. The van der Waals surface area contributed by atoms with E-state index in [4.69, 9.17) is 52.1 Å². The molecular weight excluding hydrogens is 712 g/mol. The van der Waals surface area contributed by atoms with Gasteiger partial charge in [-0.15, -0.1) is 0 Å². The molecule has 0 saturated carbocycles. The number of esters is 7. The summed E-state index contributed by atoms with van der Waals surface area (Å²) in [6, 6.07) is 5.81. The Labute approximate surface area is 303 Å². The molecule has 292 valence electrons. The molecular formula is C34H42O19. The molecule has 0 aromatic heterocycles. The molecule has 0 radical (unpaired) electrons. The van der Waals surface area contributed by atoms with Crippen molar-refractivity contribution in [2.75, 3.05) is 13.2 Å². The molecule has 53 heavy (non-hydrogen) atoms. The largest absolute Gasteiger partial charge is 0.463 e. The van der Waals surface area contributed by atoms with Gasteiger partial charge in [0.1, 0.15) is 37.3 Å². The van der Waals surface area contributed by atoms with E-state index in [2.05, 4.69) is 0 Å². The summed E-state index contributed by atoms with van der Waals surface area (Å²) in [6.07, 6.45) is -16.0. The van der Waals surface area contributed by atoms with Crippen molar-refractivity contribution in [3.8, 4) is 5.75 Å². The first kappa shape index (κ1) is 42.3. The van der Waals surface area contributed by atoms with Crippen molar-refractivity contribution in [2.45, 2.75) is 117 Å². The van der Waals surface area contributed by atoms with Gasteiger partial charge in [-0.3, -0.25) is 38.4 Å². The molecule has 0 N–H and O–H groups in total. The molecule has 0 aliphatic carbocycles. The average Bonchev–Trinajstić information content (AvgIpc) is 3.03. The normalized spacial score (nSPS) is 27.9. The van der Waals surface area contributed by atoms with Crippen LogP contribution in [0.2, 0.25) is 0 Å². The predicted molar refractivity (Wildman–Crippen MR) is 170 cm³/mol. The highest BCUT2D eigenvalue weighted by atomic mass is 16.8. The Balaban J connectivity index is 2.16. The zero-order valence-electron chi connectivity index (χ0n) is 30.3. The summed E-state index contributed by atoms with van der Waals surface area (Å²) in [7, 11) is 0. The van der Waals surface area contributed by atoms with Crippen LogP contribution in [0.4, 0.5) is 0 Å². The third-order valence-corrected chi connectivity index (χ3v) is 7.40. The van der Waals surface area contributed by atoms with E-state index in [1.54, 1.807) is 0 Å². The van der Waals surface area contributed by atoms with Crippen LogP contribution in [0.25, 0.3) is 0 Å². The number of ketones is 1. The Morgan fingerprint density at radius 3 is 1.28 bits per heavy atom. The van der Waals surface area contributed by atoms with Gasteiger partial charge in [-0.05, 0) is 31.2 Å². The summed E-state index contributed by atoms with van der Waals surface area (Å²) < 4.78 is 62.3. The Kier molecular flexibility index (Phi) is 15.2. The summed E-state index contributed by atoms with van der Waals surface area (Å²) in [4.78, 5) is 97.5. The second kappa shape index (κ2) is 19.1. The van der Waals surface area contributed by atoms with Crippen molar-refractivity contribution in [1.82, 2.24) is 0 Å². The fraction of sp³-hybridized carbons (Fsp3) is 0.588. The van der Waals surface area contributed by atoms with Crippen molar-refractivity contribution in [2.24, 2.45) is 0 Å². The molecule has 1 aromatic carbocycles. The third-order valence-electron chi connectivity index (χ3n) is 7.40. The van der Waals surface area contributed by atoms with E-state index in [-0.39, 0.29) is 11.5 Å². The van der Waals surface area contributed by atoms with E-state index in [1.165, 1.54) is 31.2 Å². The van der Waals surface area contributed by atoms with E-state index >= 15 is 0 Å². The van der Waals surface area contributed by atoms with Gasteiger partial charge in [-0.2, -0.15) is 0 Å². The lowest BCUT2D eigenvalue weighted by Crippen LogP contribution is -2.67. The number of rotatable bonds is 14. The minimum Gasteiger partial charge on any atom is -0.463 e. The molecule has 0 spiro atoms.